The van der Waals surface area contributed by atoms with Crippen molar-refractivity contribution in [2.75, 3.05) is 0 Å². The van der Waals surface area contributed by atoms with Crippen LogP contribution in [0.2, 0.25) is 0 Å². The summed E-state index contributed by atoms with van der Waals surface area (Å²) in [6.07, 6.45) is 4.89. The minimum Gasteiger partial charge on any atom is -0.500 e. The zero-order valence-corrected chi connectivity index (χ0v) is 32.8. The molecule has 4 aromatic heterocycles. The molecule has 0 aliphatic carbocycles. The van der Waals surface area contributed by atoms with Gasteiger partial charge in [0, 0.05) is 52.8 Å². The second kappa shape index (κ2) is 14.4. The molecule has 1 radical (unpaired) electrons. The van der Waals surface area contributed by atoms with Gasteiger partial charge in [0.05, 0.1) is 5.58 Å². The van der Waals surface area contributed by atoms with E-state index < -0.39 is 0 Å². The Labute approximate surface area is 312 Å². The van der Waals surface area contributed by atoms with Crippen LogP contribution in [0.4, 0.5) is 0 Å². The number of benzene rings is 4. The molecule has 50 heavy (non-hydrogen) atoms. The van der Waals surface area contributed by atoms with E-state index in [9.17, 15) is 0 Å². The summed E-state index contributed by atoms with van der Waals surface area (Å²) in [4.78, 5) is 10.6. The van der Waals surface area contributed by atoms with Crippen molar-refractivity contribution in [3.63, 3.8) is 0 Å². The van der Waals surface area contributed by atoms with Gasteiger partial charge in [-0.25, -0.2) is 0 Å². The van der Waals surface area contributed by atoms with Gasteiger partial charge in [-0.3, -0.25) is 0 Å². The van der Waals surface area contributed by atoms with Crippen molar-refractivity contribution in [3.8, 4) is 33.6 Å². The third-order valence-electron chi connectivity index (χ3n) is 8.83. The molecule has 0 amide bonds. The molecule has 8 aromatic rings. The van der Waals surface area contributed by atoms with Gasteiger partial charge < -0.3 is 14.4 Å². The average Bonchev–Trinajstić information content (AvgIpc) is 3.66. The Morgan fingerprint density at radius 3 is 2.16 bits per heavy atom. The third-order valence-corrected chi connectivity index (χ3v) is 9.84. The summed E-state index contributed by atoms with van der Waals surface area (Å²) in [5.41, 5.74) is 13.4. The number of aryl methyl sites for hydroxylation is 4. The molecule has 5 heteroatoms. The zero-order valence-electron chi connectivity index (χ0n) is 29.6. The fourth-order valence-electron chi connectivity index (χ4n) is 6.61. The van der Waals surface area contributed by atoms with Crippen molar-refractivity contribution in [1.29, 1.82) is 0 Å². The minimum atomic E-state index is 0. The number of nitrogens with zero attached hydrogens (tertiary/aromatic N) is 2. The first-order valence-electron chi connectivity index (χ1n) is 16.8. The molecule has 0 saturated heterocycles. The van der Waals surface area contributed by atoms with E-state index in [1.165, 1.54) is 48.3 Å². The van der Waals surface area contributed by atoms with Crippen LogP contribution in [0.3, 0.4) is 0 Å². The fourth-order valence-corrected chi connectivity index (χ4v) is 7.54. The maximum Gasteiger partial charge on any atom is 0.129 e. The Hall–Kier alpha value is -4.41. The minimum absolute atomic E-state index is 0. The molecule has 4 heterocycles. The normalized spacial score (nSPS) is 11.4. The number of thiophene rings is 1. The Kier molecular flexibility index (Phi) is 10.2. The van der Waals surface area contributed by atoms with Crippen LogP contribution in [0.5, 0.6) is 0 Å². The smallest absolute Gasteiger partial charge is 0.129 e. The van der Waals surface area contributed by atoms with E-state index in [4.69, 9.17) is 9.40 Å². The summed E-state index contributed by atoms with van der Waals surface area (Å²) in [5, 5.41) is 3.44. The second-order valence-corrected chi connectivity index (χ2v) is 15.4. The number of pyridine rings is 2. The van der Waals surface area contributed by atoms with Crippen LogP contribution in [0.1, 0.15) is 47.9 Å². The zero-order chi connectivity index (χ0) is 34.3. The van der Waals surface area contributed by atoms with E-state index in [1.54, 1.807) is 11.3 Å². The molecule has 253 valence electrons. The summed E-state index contributed by atoms with van der Waals surface area (Å²) >= 11 is 1.81. The van der Waals surface area contributed by atoms with Gasteiger partial charge in [-0.05, 0) is 96.4 Å². The molecule has 0 atom stereocenters. The molecule has 3 nitrogen and oxygen atoms in total. The van der Waals surface area contributed by atoms with Crippen LogP contribution >= 0.6 is 11.3 Å². The second-order valence-electron chi connectivity index (χ2n) is 14.1. The predicted molar refractivity (Wildman–Crippen MR) is 207 cm³/mol. The maximum absolute atomic E-state index is 6.60. The molecule has 0 aliphatic rings. The first-order valence-corrected chi connectivity index (χ1v) is 17.6. The Balaban J connectivity index is 0.000000260. The van der Waals surface area contributed by atoms with Gasteiger partial charge >= 0.3 is 0 Å². The standard InChI is InChI=1S/C33H30NOS.C12H10N.Ir/c1-19-9-7-10-20(2)30(19)26-16-28(34-18-22(26)17-33(4,5)6)25-12-8-11-23-24-13-14-29-27(15-21(3)36-29)32(24)35-31(23)25;1-10-7-8-12(13-9-10)11-5-3-2-4-6-11;/h7-11,13-16,18H,17H2,1-6H3;2-5,7-9H,1H3;/q2*-1;. The number of rotatable bonds is 4. The monoisotopic (exact) mass is 849 g/mol. The number of fused-ring (bicyclic) bond motifs is 5. The van der Waals surface area contributed by atoms with E-state index >= 15 is 0 Å². The van der Waals surface area contributed by atoms with Crippen molar-refractivity contribution >= 4 is 43.4 Å². The van der Waals surface area contributed by atoms with Crippen molar-refractivity contribution in [2.45, 2.75) is 54.9 Å². The molecule has 0 aliphatic heterocycles. The Morgan fingerprint density at radius 1 is 0.700 bits per heavy atom. The van der Waals surface area contributed by atoms with E-state index in [0.29, 0.717) is 0 Å². The summed E-state index contributed by atoms with van der Waals surface area (Å²) in [6.45, 7) is 15.4. The van der Waals surface area contributed by atoms with Crippen LogP contribution in [-0.2, 0) is 26.5 Å². The molecule has 0 bridgehead atoms. The quantitative estimate of drug-likeness (QED) is 0.166. The third kappa shape index (κ3) is 7.23. The largest absolute Gasteiger partial charge is 0.500 e. The number of hydrogen-bond donors (Lipinski definition) is 0. The van der Waals surface area contributed by atoms with Crippen LogP contribution in [0, 0.1) is 45.2 Å². The van der Waals surface area contributed by atoms with Gasteiger partial charge in [0.25, 0.3) is 0 Å². The number of hydrogen-bond acceptors (Lipinski definition) is 4. The van der Waals surface area contributed by atoms with Crippen molar-refractivity contribution < 1.29 is 24.5 Å². The first-order chi connectivity index (χ1) is 23.6. The molecule has 0 unspecified atom stereocenters. The van der Waals surface area contributed by atoms with Crippen LogP contribution < -0.4 is 0 Å². The maximum atomic E-state index is 6.60. The van der Waals surface area contributed by atoms with Gasteiger partial charge in [0.15, 0.2) is 0 Å². The van der Waals surface area contributed by atoms with Gasteiger partial charge in [-0.15, -0.1) is 65.4 Å². The van der Waals surface area contributed by atoms with Gasteiger partial charge in [0.1, 0.15) is 5.58 Å². The molecule has 8 rings (SSSR count). The van der Waals surface area contributed by atoms with E-state index in [-0.39, 0.29) is 25.5 Å². The van der Waals surface area contributed by atoms with E-state index in [2.05, 4.69) is 119 Å². The molecule has 0 saturated carbocycles. The first kappa shape index (κ1) is 35.4. The molecular formula is C45H40IrN2OS-2. The number of aromatic nitrogens is 2. The fraction of sp³-hybridized carbons (Fsp3) is 0.200. The average molecular weight is 849 g/mol. The molecule has 4 aromatic carbocycles. The Morgan fingerprint density at radius 2 is 1.46 bits per heavy atom. The number of furan rings is 1. The van der Waals surface area contributed by atoms with Crippen molar-refractivity contribution in [3.05, 3.63) is 143 Å². The molecule has 0 N–H and O–H groups in total. The van der Waals surface area contributed by atoms with Crippen LogP contribution in [-0.4, -0.2) is 9.97 Å². The molecule has 0 spiro atoms. The Bertz CT molecular complexity index is 2410. The molecular weight excluding hydrogens is 809 g/mol. The SMILES string of the molecule is Cc1cc2c(ccc3c4cc[c-]c(-c5cc(-c6c(C)cccc6C)c(CC(C)(C)C)cn5)c4oc23)s1.Cc1ccc(-c2[c-]cccc2)nc1.[Ir]. The summed E-state index contributed by atoms with van der Waals surface area (Å²) < 4.78 is 7.86. The summed E-state index contributed by atoms with van der Waals surface area (Å²) in [5.74, 6) is 0. The summed E-state index contributed by atoms with van der Waals surface area (Å²) in [6, 6.07) is 38.0. The van der Waals surface area contributed by atoms with E-state index in [1.807, 2.05) is 49.5 Å². The van der Waals surface area contributed by atoms with Crippen molar-refractivity contribution in [1.82, 2.24) is 9.97 Å². The predicted octanol–water partition coefficient (Wildman–Crippen LogP) is 12.7. The van der Waals surface area contributed by atoms with Gasteiger partial charge in [0.2, 0.25) is 0 Å². The molecule has 0 fully saturated rings. The van der Waals surface area contributed by atoms with Gasteiger partial charge in [-0.1, -0.05) is 74.2 Å². The topological polar surface area (TPSA) is 38.9 Å². The van der Waals surface area contributed by atoms with Crippen LogP contribution in [0.15, 0.2) is 108 Å². The van der Waals surface area contributed by atoms with Gasteiger partial charge in [-0.2, -0.15) is 0 Å². The summed E-state index contributed by atoms with van der Waals surface area (Å²) in [7, 11) is 0. The van der Waals surface area contributed by atoms with Crippen molar-refractivity contribution in [2.24, 2.45) is 5.41 Å². The van der Waals surface area contributed by atoms with E-state index in [0.717, 1.165) is 50.9 Å². The van der Waals surface area contributed by atoms with Crippen LogP contribution in [0.25, 0.3) is 65.7 Å².